The van der Waals surface area contributed by atoms with Crippen LogP contribution in [0.25, 0.3) is 11.0 Å². The number of aromatic nitrogens is 3. The van der Waals surface area contributed by atoms with Gasteiger partial charge in [-0.05, 0) is 12.1 Å². The maximum atomic E-state index is 12.2. The lowest BCUT2D eigenvalue weighted by atomic mass is 10.3. The Morgan fingerprint density at radius 1 is 1.11 bits per heavy atom. The summed E-state index contributed by atoms with van der Waals surface area (Å²) in [6.07, 6.45) is 0. The van der Waals surface area contributed by atoms with E-state index in [0.29, 0.717) is 11.0 Å². The monoisotopic (exact) mass is 260 g/mol. The minimum Gasteiger partial charge on any atom is -0.334 e. The first-order valence-electron chi connectivity index (χ1n) is 5.81. The summed E-state index contributed by atoms with van der Waals surface area (Å²) in [6.45, 7) is 1.53. The number of nitrogens with zero attached hydrogens (tertiary/aromatic N) is 4. The number of para-hydroxylation sites is 1. The van der Waals surface area contributed by atoms with E-state index in [2.05, 4.69) is 15.2 Å². The van der Waals surface area contributed by atoms with Crippen LogP contribution in [0.1, 0.15) is 10.6 Å². The van der Waals surface area contributed by atoms with Crippen LogP contribution in [-0.4, -0.2) is 50.6 Å². The van der Waals surface area contributed by atoms with Crippen molar-refractivity contribution < 1.29 is 4.79 Å². The molecule has 1 saturated heterocycles. The van der Waals surface area contributed by atoms with Gasteiger partial charge in [0.25, 0.3) is 5.91 Å². The number of hydrogen-bond donors (Lipinski definition) is 0. The first-order valence-corrected chi connectivity index (χ1v) is 6.96. The number of thioether (sulfide) groups is 1. The molecule has 18 heavy (non-hydrogen) atoms. The molecular formula is C12H12N4OS. The van der Waals surface area contributed by atoms with Gasteiger partial charge in [-0.3, -0.25) is 4.79 Å². The van der Waals surface area contributed by atoms with Crippen molar-refractivity contribution in [2.45, 2.75) is 0 Å². The fourth-order valence-electron chi connectivity index (χ4n) is 1.88. The first kappa shape index (κ1) is 11.4. The Morgan fingerprint density at radius 3 is 2.61 bits per heavy atom. The molecule has 0 aliphatic carbocycles. The molecule has 1 fully saturated rings. The quantitative estimate of drug-likeness (QED) is 0.771. The largest absolute Gasteiger partial charge is 0.334 e. The van der Waals surface area contributed by atoms with Crippen molar-refractivity contribution in [2.75, 3.05) is 24.6 Å². The van der Waals surface area contributed by atoms with E-state index in [1.165, 1.54) is 0 Å². The lowest BCUT2D eigenvalue weighted by molar-refractivity contribution is 0.0759. The normalized spacial score (nSPS) is 15.9. The van der Waals surface area contributed by atoms with Crippen LogP contribution >= 0.6 is 11.8 Å². The van der Waals surface area contributed by atoms with Crippen LogP contribution in [0.15, 0.2) is 24.3 Å². The lowest BCUT2D eigenvalue weighted by Crippen LogP contribution is -2.38. The van der Waals surface area contributed by atoms with Gasteiger partial charge in [0.05, 0.1) is 5.52 Å². The smallest absolute Gasteiger partial charge is 0.293 e. The highest BCUT2D eigenvalue weighted by molar-refractivity contribution is 7.99. The molecule has 6 heteroatoms. The molecule has 92 valence electrons. The highest BCUT2D eigenvalue weighted by atomic mass is 32.2. The van der Waals surface area contributed by atoms with Crippen LogP contribution in [0, 0.1) is 0 Å². The Morgan fingerprint density at radius 2 is 1.83 bits per heavy atom. The Kier molecular flexibility index (Phi) is 3.10. The maximum Gasteiger partial charge on any atom is 0.293 e. The lowest BCUT2D eigenvalue weighted by Gasteiger charge is -2.25. The van der Waals surface area contributed by atoms with E-state index in [1.54, 1.807) is 4.90 Å². The van der Waals surface area contributed by atoms with E-state index in [1.807, 2.05) is 36.0 Å². The second-order valence-corrected chi connectivity index (χ2v) is 5.25. The average molecular weight is 260 g/mol. The van der Waals surface area contributed by atoms with E-state index in [9.17, 15) is 4.79 Å². The highest BCUT2D eigenvalue weighted by Gasteiger charge is 2.21. The molecule has 2 heterocycles. The van der Waals surface area contributed by atoms with Gasteiger partial charge in [-0.15, -0.1) is 10.2 Å². The second-order valence-electron chi connectivity index (χ2n) is 4.03. The van der Waals surface area contributed by atoms with Gasteiger partial charge in [-0.2, -0.15) is 11.8 Å². The van der Waals surface area contributed by atoms with E-state index in [0.717, 1.165) is 24.6 Å². The third-order valence-corrected chi connectivity index (χ3v) is 3.79. The van der Waals surface area contributed by atoms with Crippen molar-refractivity contribution >= 4 is 28.7 Å². The van der Waals surface area contributed by atoms with Crippen LogP contribution in [0.4, 0.5) is 0 Å². The molecule has 3 rings (SSSR count). The summed E-state index contributed by atoms with van der Waals surface area (Å²) < 4.78 is 0. The zero-order valence-electron chi connectivity index (χ0n) is 9.74. The van der Waals surface area contributed by atoms with Crippen LogP contribution in [-0.2, 0) is 0 Å². The third-order valence-electron chi connectivity index (χ3n) is 2.85. The zero-order chi connectivity index (χ0) is 12.4. The molecule has 1 amide bonds. The summed E-state index contributed by atoms with van der Waals surface area (Å²) >= 11 is 1.86. The molecule has 0 atom stereocenters. The van der Waals surface area contributed by atoms with Crippen molar-refractivity contribution in [3.05, 3.63) is 30.1 Å². The molecule has 0 unspecified atom stereocenters. The summed E-state index contributed by atoms with van der Waals surface area (Å²) in [5.74, 6) is 2.04. The molecular weight excluding hydrogens is 248 g/mol. The van der Waals surface area contributed by atoms with Gasteiger partial charge < -0.3 is 4.90 Å². The Labute approximate surface area is 109 Å². The molecule has 0 spiro atoms. The highest BCUT2D eigenvalue weighted by Crippen LogP contribution is 2.12. The summed E-state index contributed by atoms with van der Waals surface area (Å²) in [6, 6.07) is 7.43. The molecule has 1 aromatic heterocycles. The van der Waals surface area contributed by atoms with E-state index < -0.39 is 0 Å². The van der Waals surface area contributed by atoms with Crippen molar-refractivity contribution in [1.29, 1.82) is 0 Å². The van der Waals surface area contributed by atoms with Gasteiger partial charge in [0.2, 0.25) is 5.82 Å². The summed E-state index contributed by atoms with van der Waals surface area (Å²) in [5, 5.41) is 7.95. The number of rotatable bonds is 1. The van der Waals surface area contributed by atoms with E-state index in [-0.39, 0.29) is 11.7 Å². The molecule has 1 aliphatic rings. The predicted octanol–water partition coefficient (Wildman–Crippen LogP) is 1.21. The molecule has 1 aliphatic heterocycles. The Bertz CT molecular complexity index is 583. The summed E-state index contributed by atoms with van der Waals surface area (Å²) in [4.78, 5) is 18.3. The molecule has 0 radical (unpaired) electrons. The van der Waals surface area contributed by atoms with E-state index >= 15 is 0 Å². The van der Waals surface area contributed by atoms with Crippen LogP contribution in [0.5, 0.6) is 0 Å². The minimum atomic E-state index is -0.117. The zero-order valence-corrected chi connectivity index (χ0v) is 10.6. The molecule has 0 bridgehead atoms. The number of amides is 1. The SMILES string of the molecule is O=C(c1nnc2ccccc2n1)N1CCSCC1. The second kappa shape index (κ2) is 4.89. The van der Waals surface area contributed by atoms with Gasteiger partial charge in [0.15, 0.2) is 0 Å². The number of carbonyl (C=O) groups excluding carboxylic acids is 1. The predicted molar refractivity (Wildman–Crippen MR) is 70.6 cm³/mol. The Hall–Kier alpha value is -1.69. The number of carbonyl (C=O) groups is 1. The fraction of sp³-hybridized carbons (Fsp3) is 0.333. The standard InChI is InChI=1S/C12H12N4OS/c17-12(16-5-7-18-8-6-16)11-13-9-3-1-2-4-10(9)14-15-11/h1-4H,5-8H2. The topological polar surface area (TPSA) is 59.0 Å². The van der Waals surface area contributed by atoms with Crippen molar-refractivity contribution in [1.82, 2.24) is 20.1 Å². The van der Waals surface area contributed by atoms with Crippen molar-refractivity contribution in [3.63, 3.8) is 0 Å². The molecule has 0 N–H and O–H groups in total. The van der Waals surface area contributed by atoms with Crippen molar-refractivity contribution in [3.8, 4) is 0 Å². The summed E-state index contributed by atoms with van der Waals surface area (Å²) in [5.41, 5.74) is 1.42. The Balaban J connectivity index is 1.91. The van der Waals surface area contributed by atoms with Gasteiger partial charge in [-0.1, -0.05) is 12.1 Å². The molecule has 1 aromatic carbocycles. The number of hydrogen-bond acceptors (Lipinski definition) is 5. The number of fused-ring (bicyclic) bond motifs is 1. The average Bonchev–Trinajstić information content (AvgIpc) is 2.47. The third kappa shape index (κ3) is 2.15. The van der Waals surface area contributed by atoms with E-state index in [4.69, 9.17) is 0 Å². The summed E-state index contributed by atoms with van der Waals surface area (Å²) in [7, 11) is 0. The van der Waals surface area contributed by atoms with Crippen molar-refractivity contribution in [2.24, 2.45) is 0 Å². The van der Waals surface area contributed by atoms with Crippen LogP contribution in [0.2, 0.25) is 0 Å². The van der Waals surface area contributed by atoms with Crippen LogP contribution < -0.4 is 0 Å². The maximum absolute atomic E-state index is 12.2. The van der Waals surface area contributed by atoms with Crippen LogP contribution in [0.3, 0.4) is 0 Å². The number of benzene rings is 1. The fourth-order valence-corrected chi connectivity index (χ4v) is 2.78. The van der Waals surface area contributed by atoms with Gasteiger partial charge >= 0.3 is 0 Å². The first-order chi connectivity index (χ1) is 8.84. The molecule has 5 nitrogen and oxygen atoms in total. The van der Waals surface area contributed by atoms with Gasteiger partial charge in [0.1, 0.15) is 5.52 Å². The minimum absolute atomic E-state index is 0.117. The van der Waals surface area contributed by atoms with Gasteiger partial charge in [0, 0.05) is 24.6 Å². The molecule has 0 saturated carbocycles. The van der Waals surface area contributed by atoms with Gasteiger partial charge in [-0.25, -0.2) is 4.98 Å². The molecule has 2 aromatic rings.